The molecule has 2 aromatic carbocycles. The fraction of sp³-hybridized carbons (Fsp3) is 0.278. The van der Waals surface area contributed by atoms with E-state index in [-0.39, 0.29) is 0 Å². The molecular formula is C18H17NO. The molecule has 0 radical (unpaired) electrons. The molecule has 0 saturated heterocycles. The average Bonchev–Trinajstić information content (AvgIpc) is 3.16. The van der Waals surface area contributed by atoms with Crippen LogP contribution in [0.1, 0.15) is 37.5 Å². The van der Waals surface area contributed by atoms with Crippen LogP contribution < -0.4 is 0 Å². The summed E-state index contributed by atoms with van der Waals surface area (Å²) in [4.78, 5) is 4.71. The van der Waals surface area contributed by atoms with E-state index in [4.69, 9.17) is 9.40 Å². The Morgan fingerprint density at radius 3 is 2.50 bits per heavy atom. The summed E-state index contributed by atoms with van der Waals surface area (Å²) in [5.74, 6) is 1.46. The van der Waals surface area contributed by atoms with Crippen molar-refractivity contribution in [1.82, 2.24) is 4.98 Å². The van der Waals surface area contributed by atoms with Gasteiger partial charge in [0.15, 0.2) is 11.5 Å². The van der Waals surface area contributed by atoms with E-state index in [1.165, 1.54) is 36.8 Å². The highest BCUT2D eigenvalue weighted by molar-refractivity contribution is 5.80. The van der Waals surface area contributed by atoms with Gasteiger partial charge >= 0.3 is 0 Å². The summed E-state index contributed by atoms with van der Waals surface area (Å²) in [5.41, 5.74) is 4.31. The van der Waals surface area contributed by atoms with Crippen molar-refractivity contribution in [3.63, 3.8) is 0 Å². The molecule has 1 aliphatic carbocycles. The lowest BCUT2D eigenvalue weighted by Crippen LogP contribution is -1.90. The maximum absolute atomic E-state index is 5.93. The van der Waals surface area contributed by atoms with E-state index in [2.05, 4.69) is 36.4 Å². The molecule has 0 bridgehead atoms. The molecule has 4 rings (SSSR count). The second kappa shape index (κ2) is 4.78. The predicted octanol–water partition coefficient (Wildman–Crippen LogP) is 5.15. The van der Waals surface area contributed by atoms with Gasteiger partial charge in [-0.05, 0) is 36.1 Å². The lowest BCUT2D eigenvalue weighted by Gasteiger charge is -2.00. The van der Waals surface area contributed by atoms with Crippen molar-refractivity contribution < 1.29 is 4.42 Å². The molecule has 1 fully saturated rings. The molecule has 0 N–H and O–H groups in total. The maximum Gasteiger partial charge on any atom is 0.198 e. The van der Waals surface area contributed by atoms with Crippen LogP contribution in [0.5, 0.6) is 0 Å². The van der Waals surface area contributed by atoms with E-state index in [9.17, 15) is 0 Å². The first-order valence-corrected chi connectivity index (χ1v) is 7.36. The molecule has 1 aromatic heterocycles. The van der Waals surface area contributed by atoms with Crippen LogP contribution in [0.2, 0.25) is 0 Å². The maximum atomic E-state index is 5.93. The van der Waals surface area contributed by atoms with Gasteiger partial charge in [0.25, 0.3) is 0 Å². The Hall–Kier alpha value is -2.09. The Balaban J connectivity index is 1.76. The van der Waals surface area contributed by atoms with Crippen molar-refractivity contribution in [2.75, 3.05) is 0 Å². The molecule has 2 heteroatoms. The smallest absolute Gasteiger partial charge is 0.198 e. The van der Waals surface area contributed by atoms with E-state index in [0.717, 1.165) is 17.0 Å². The van der Waals surface area contributed by atoms with Crippen molar-refractivity contribution >= 4 is 11.1 Å². The standard InChI is InChI=1S/C18H17NO/c1-2-6-13(7-3-1)15-10-11-17-16(12-15)19-18(20-17)14-8-4-5-9-14/h1-3,6-7,10-12,14H,4-5,8-9H2. The highest BCUT2D eigenvalue weighted by Gasteiger charge is 2.22. The molecule has 0 aliphatic heterocycles. The summed E-state index contributed by atoms with van der Waals surface area (Å²) >= 11 is 0. The highest BCUT2D eigenvalue weighted by Crippen LogP contribution is 2.35. The Morgan fingerprint density at radius 2 is 1.70 bits per heavy atom. The van der Waals surface area contributed by atoms with E-state index in [0.29, 0.717) is 5.92 Å². The number of hydrogen-bond acceptors (Lipinski definition) is 2. The van der Waals surface area contributed by atoms with Crippen molar-refractivity contribution in [3.05, 3.63) is 54.4 Å². The second-order valence-electron chi connectivity index (χ2n) is 5.58. The van der Waals surface area contributed by atoms with Gasteiger partial charge in [-0.25, -0.2) is 4.98 Å². The Bertz CT molecular complexity index is 724. The molecule has 2 nitrogen and oxygen atoms in total. The molecule has 20 heavy (non-hydrogen) atoms. The zero-order valence-electron chi connectivity index (χ0n) is 11.4. The lowest BCUT2D eigenvalue weighted by atomic mass is 10.1. The molecule has 0 amide bonds. The third-order valence-electron chi connectivity index (χ3n) is 4.22. The van der Waals surface area contributed by atoms with Crippen LogP contribution >= 0.6 is 0 Å². The SMILES string of the molecule is c1ccc(-c2ccc3oc(C4CCCC4)nc3c2)cc1. The van der Waals surface area contributed by atoms with Crippen LogP contribution in [0.3, 0.4) is 0 Å². The number of rotatable bonds is 2. The molecule has 1 saturated carbocycles. The molecule has 3 aromatic rings. The first-order valence-electron chi connectivity index (χ1n) is 7.36. The minimum absolute atomic E-state index is 0.530. The normalized spacial score (nSPS) is 16.0. The quantitative estimate of drug-likeness (QED) is 0.639. The van der Waals surface area contributed by atoms with Crippen molar-refractivity contribution in [2.45, 2.75) is 31.6 Å². The van der Waals surface area contributed by atoms with Gasteiger partial charge in [-0.15, -0.1) is 0 Å². The van der Waals surface area contributed by atoms with E-state index >= 15 is 0 Å². The molecule has 0 spiro atoms. The third kappa shape index (κ3) is 2.01. The summed E-state index contributed by atoms with van der Waals surface area (Å²) in [5, 5.41) is 0. The summed E-state index contributed by atoms with van der Waals surface area (Å²) in [6, 6.07) is 16.7. The monoisotopic (exact) mass is 263 g/mol. The van der Waals surface area contributed by atoms with Gasteiger partial charge in [0.05, 0.1) is 0 Å². The fourth-order valence-electron chi connectivity index (χ4n) is 3.10. The average molecular weight is 263 g/mol. The van der Waals surface area contributed by atoms with Crippen LogP contribution in [0.4, 0.5) is 0 Å². The number of oxazole rings is 1. The first kappa shape index (κ1) is 11.7. The van der Waals surface area contributed by atoms with E-state index in [1.807, 2.05) is 12.1 Å². The van der Waals surface area contributed by atoms with Crippen LogP contribution in [0, 0.1) is 0 Å². The zero-order valence-corrected chi connectivity index (χ0v) is 11.4. The van der Waals surface area contributed by atoms with Gasteiger partial charge in [-0.1, -0.05) is 49.2 Å². The number of hydrogen-bond donors (Lipinski definition) is 0. The van der Waals surface area contributed by atoms with Crippen molar-refractivity contribution in [3.8, 4) is 11.1 Å². The molecule has 100 valence electrons. The van der Waals surface area contributed by atoms with Gasteiger partial charge in [-0.2, -0.15) is 0 Å². The zero-order chi connectivity index (χ0) is 13.4. The number of fused-ring (bicyclic) bond motifs is 1. The van der Waals surface area contributed by atoms with E-state index in [1.54, 1.807) is 0 Å². The summed E-state index contributed by atoms with van der Waals surface area (Å²) < 4.78 is 5.93. The Kier molecular flexibility index (Phi) is 2.80. The Morgan fingerprint density at radius 1 is 0.900 bits per heavy atom. The third-order valence-corrected chi connectivity index (χ3v) is 4.22. The molecule has 0 atom stereocenters. The molecule has 1 aliphatic rings. The van der Waals surface area contributed by atoms with Gasteiger partial charge in [-0.3, -0.25) is 0 Å². The topological polar surface area (TPSA) is 26.0 Å². The minimum atomic E-state index is 0.530. The Labute approximate surface area is 118 Å². The largest absolute Gasteiger partial charge is 0.440 e. The summed E-state index contributed by atoms with van der Waals surface area (Å²) in [7, 11) is 0. The first-order chi connectivity index (χ1) is 9.90. The van der Waals surface area contributed by atoms with Crippen LogP contribution in [0.15, 0.2) is 52.9 Å². The number of aromatic nitrogens is 1. The van der Waals surface area contributed by atoms with Gasteiger partial charge < -0.3 is 4.42 Å². The second-order valence-corrected chi connectivity index (χ2v) is 5.58. The van der Waals surface area contributed by atoms with Crippen molar-refractivity contribution in [1.29, 1.82) is 0 Å². The molecule has 1 heterocycles. The highest BCUT2D eigenvalue weighted by atomic mass is 16.3. The van der Waals surface area contributed by atoms with E-state index < -0.39 is 0 Å². The van der Waals surface area contributed by atoms with Gasteiger partial charge in [0, 0.05) is 5.92 Å². The molecular weight excluding hydrogens is 246 g/mol. The lowest BCUT2D eigenvalue weighted by molar-refractivity contribution is 0.474. The van der Waals surface area contributed by atoms with Gasteiger partial charge in [0.2, 0.25) is 0 Å². The van der Waals surface area contributed by atoms with Crippen LogP contribution in [-0.2, 0) is 0 Å². The number of nitrogens with zero attached hydrogens (tertiary/aromatic N) is 1. The van der Waals surface area contributed by atoms with Crippen LogP contribution in [-0.4, -0.2) is 4.98 Å². The predicted molar refractivity (Wildman–Crippen MR) is 80.7 cm³/mol. The van der Waals surface area contributed by atoms with Gasteiger partial charge in [0.1, 0.15) is 5.52 Å². The fourth-order valence-corrected chi connectivity index (χ4v) is 3.10. The van der Waals surface area contributed by atoms with Crippen molar-refractivity contribution in [2.24, 2.45) is 0 Å². The van der Waals surface area contributed by atoms with Crippen LogP contribution in [0.25, 0.3) is 22.2 Å². The molecule has 0 unspecified atom stereocenters. The summed E-state index contributed by atoms with van der Waals surface area (Å²) in [6.07, 6.45) is 5.05. The minimum Gasteiger partial charge on any atom is -0.440 e. The summed E-state index contributed by atoms with van der Waals surface area (Å²) in [6.45, 7) is 0. The number of benzene rings is 2.